The van der Waals surface area contributed by atoms with E-state index in [1.54, 1.807) is 0 Å². The molecule has 0 N–H and O–H groups in total. The minimum absolute atomic E-state index is 0.246. The largest absolute Gasteiger partial charge is 0.347 e. The summed E-state index contributed by atoms with van der Waals surface area (Å²) < 4.78 is 4.23. The molecule has 6 nitrogen and oxygen atoms in total. The van der Waals surface area contributed by atoms with Crippen LogP contribution in [0.2, 0.25) is 0 Å². The van der Waals surface area contributed by atoms with Gasteiger partial charge in [-0.3, -0.25) is 9.69 Å². The number of hydrogen-bond donors (Lipinski definition) is 0. The van der Waals surface area contributed by atoms with E-state index >= 15 is 0 Å². The van der Waals surface area contributed by atoms with Gasteiger partial charge in [-0.2, -0.15) is 0 Å². The Hall–Kier alpha value is -3.12. The number of pyridine rings is 1. The van der Waals surface area contributed by atoms with Crippen LogP contribution in [0.1, 0.15) is 12.1 Å². The molecule has 0 bridgehead atoms. The van der Waals surface area contributed by atoms with Crippen LogP contribution in [0.4, 0.5) is 0 Å². The van der Waals surface area contributed by atoms with Gasteiger partial charge in [-0.25, -0.2) is 4.98 Å². The Kier molecular flexibility index (Phi) is 4.77. The van der Waals surface area contributed by atoms with Crippen molar-refractivity contribution in [3.8, 4) is 0 Å². The number of carbonyl (C=O) groups is 1. The Balaban J connectivity index is 1.13. The normalized spacial score (nSPS) is 15.4. The summed E-state index contributed by atoms with van der Waals surface area (Å²) in [6, 6.07) is 16.5. The predicted molar refractivity (Wildman–Crippen MR) is 114 cm³/mol. The zero-order valence-corrected chi connectivity index (χ0v) is 16.4. The van der Waals surface area contributed by atoms with E-state index in [9.17, 15) is 4.79 Å². The molecule has 0 unspecified atom stereocenters. The fourth-order valence-corrected chi connectivity index (χ4v) is 4.16. The molecule has 0 atom stereocenters. The molecule has 4 heterocycles. The van der Waals surface area contributed by atoms with Crippen LogP contribution < -0.4 is 0 Å². The van der Waals surface area contributed by atoms with E-state index in [1.807, 2.05) is 41.4 Å². The minimum Gasteiger partial charge on any atom is -0.347 e. The second-order valence-corrected chi connectivity index (χ2v) is 7.67. The van der Waals surface area contributed by atoms with Crippen molar-refractivity contribution in [3.05, 3.63) is 72.8 Å². The maximum atomic E-state index is 12.7. The highest BCUT2D eigenvalue weighted by Crippen LogP contribution is 2.16. The van der Waals surface area contributed by atoms with Crippen LogP contribution in [0.5, 0.6) is 0 Å². The van der Waals surface area contributed by atoms with Crippen molar-refractivity contribution < 1.29 is 4.79 Å². The Morgan fingerprint density at radius 1 is 0.931 bits per heavy atom. The number of benzene rings is 1. The van der Waals surface area contributed by atoms with Gasteiger partial charge in [0.2, 0.25) is 5.91 Å². The molecule has 6 heteroatoms. The Morgan fingerprint density at radius 2 is 1.76 bits per heavy atom. The molecule has 1 amide bonds. The molecule has 1 fully saturated rings. The van der Waals surface area contributed by atoms with Crippen LogP contribution >= 0.6 is 0 Å². The number of hydrogen-bond acceptors (Lipinski definition) is 3. The quantitative estimate of drug-likeness (QED) is 0.529. The zero-order chi connectivity index (χ0) is 19.6. The topological polar surface area (TPSA) is 45.8 Å². The van der Waals surface area contributed by atoms with E-state index < -0.39 is 0 Å². The lowest BCUT2D eigenvalue weighted by Gasteiger charge is -2.34. The third kappa shape index (κ3) is 3.76. The molecule has 0 spiro atoms. The summed E-state index contributed by atoms with van der Waals surface area (Å²) in [5, 5.41) is 1.22. The first-order chi connectivity index (χ1) is 14.3. The molecule has 0 aliphatic carbocycles. The lowest BCUT2D eigenvalue weighted by Crippen LogP contribution is -2.48. The van der Waals surface area contributed by atoms with E-state index in [2.05, 4.69) is 49.4 Å². The molecule has 29 heavy (non-hydrogen) atoms. The number of fused-ring (bicyclic) bond motifs is 2. The number of piperazine rings is 1. The average Bonchev–Trinajstić information content (AvgIpc) is 3.36. The van der Waals surface area contributed by atoms with Gasteiger partial charge in [0.15, 0.2) is 0 Å². The van der Waals surface area contributed by atoms with E-state index in [0.717, 1.165) is 50.6 Å². The van der Waals surface area contributed by atoms with Crippen LogP contribution in [-0.2, 0) is 17.9 Å². The molecule has 0 radical (unpaired) electrons. The molecular formula is C23H25N5O. The van der Waals surface area contributed by atoms with Gasteiger partial charge in [-0.1, -0.05) is 24.3 Å². The van der Waals surface area contributed by atoms with Gasteiger partial charge in [0.05, 0.1) is 5.69 Å². The fraction of sp³-hybridized carbons (Fsp3) is 0.304. The van der Waals surface area contributed by atoms with Crippen molar-refractivity contribution in [2.24, 2.45) is 0 Å². The standard InChI is InChI=1S/C23H25N5O/c29-23(9-12-26-11-8-19-5-1-2-6-21(19)26)27-15-13-25(14-16-27)17-20-18-28-10-4-3-7-22(28)24-20/h1-8,10-11,18H,9,12-17H2. The maximum absolute atomic E-state index is 12.7. The molecule has 0 saturated carbocycles. The maximum Gasteiger partial charge on any atom is 0.224 e. The number of nitrogens with zero attached hydrogens (tertiary/aromatic N) is 5. The van der Waals surface area contributed by atoms with Crippen LogP contribution in [0.3, 0.4) is 0 Å². The monoisotopic (exact) mass is 387 g/mol. The van der Waals surface area contributed by atoms with E-state index in [1.165, 1.54) is 10.9 Å². The SMILES string of the molecule is O=C(CCn1ccc2ccccc21)N1CCN(Cc2cn3ccccc3n2)CC1. The van der Waals surface area contributed by atoms with Gasteiger partial charge in [0, 0.05) is 69.8 Å². The first-order valence-corrected chi connectivity index (χ1v) is 10.2. The number of amides is 1. The lowest BCUT2D eigenvalue weighted by atomic mass is 10.2. The van der Waals surface area contributed by atoms with Crippen molar-refractivity contribution in [3.63, 3.8) is 0 Å². The lowest BCUT2D eigenvalue weighted by molar-refractivity contribution is -0.133. The van der Waals surface area contributed by atoms with Crippen molar-refractivity contribution in [1.29, 1.82) is 0 Å². The Labute approximate surface area is 170 Å². The molecule has 1 aliphatic heterocycles. The number of aromatic nitrogens is 3. The summed E-state index contributed by atoms with van der Waals surface area (Å²) >= 11 is 0. The van der Waals surface area contributed by atoms with Crippen molar-refractivity contribution in [1.82, 2.24) is 23.8 Å². The van der Waals surface area contributed by atoms with Gasteiger partial charge in [0.1, 0.15) is 5.65 Å². The molecule has 148 valence electrons. The first-order valence-electron chi connectivity index (χ1n) is 10.2. The average molecular weight is 387 g/mol. The van der Waals surface area contributed by atoms with Gasteiger partial charge < -0.3 is 13.9 Å². The molecule has 1 aromatic carbocycles. The summed E-state index contributed by atoms with van der Waals surface area (Å²) in [4.78, 5) is 21.8. The van der Waals surface area contributed by atoms with Gasteiger partial charge in [-0.05, 0) is 29.7 Å². The third-order valence-electron chi connectivity index (χ3n) is 5.77. The Bertz CT molecular complexity index is 1100. The van der Waals surface area contributed by atoms with E-state index in [4.69, 9.17) is 0 Å². The number of carbonyl (C=O) groups excluding carboxylic acids is 1. The summed E-state index contributed by atoms with van der Waals surface area (Å²) in [6.07, 6.45) is 6.74. The number of rotatable bonds is 5. The molecule has 1 saturated heterocycles. The highest BCUT2D eigenvalue weighted by atomic mass is 16.2. The van der Waals surface area contributed by atoms with Crippen LogP contribution in [0.15, 0.2) is 67.1 Å². The second-order valence-electron chi connectivity index (χ2n) is 7.67. The minimum atomic E-state index is 0.246. The predicted octanol–water partition coefficient (Wildman–Crippen LogP) is 3.02. The molecule has 1 aliphatic rings. The summed E-state index contributed by atoms with van der Waals surface area (Å²) in [7, 11) is 0. The van der Waals surface area contributed by atoms with Gasteiger partial charge in [0.25, 0.3) is 0 Å². The smallest absolute Gasteiger partial charge is 0.224 e. The second kappa shape index (κ2) is 7.72. The fourth-order valence-electron chi connectivity index (χ4n) is 4.16. The third-order valence-corrected chi connectivity index (χ3v) is 5.77. The van der Waals surface area contributed by atoms with Crippen molar-refractivity contribution in [2.75, 3.05) is 26.2 Å². The molecule has 3 aromatic heterocycles. The van der Waals surface area contributed by atoms with Gasteiger partial charge in [-0.15, -0.1) is 0 Å². The van der Waals surface area contributed by atoms with Crippen molar-refractivity contribution >= 4 is 22.5 Å². The van der Waals surface area contributed by atoms with Gasteiger partial charge >= 0.3 is 0 Å². The number of imidazole rings is 1. The van der Waals surface area contributed by atoms with Crippen LogP contribution in [-0.4, -0.2) is 55.8 Å². The molecular weight excluding hydrogens is 362 g/mol. The molecule has 5 rings (SSSR count). The van der Waals surface area contributed by atoms with Crippen LogP contribution in [0.25, 0.3) is 16.6 Å². The zero-order valence-electron chi connectivity index (χ0n) is 16.4. The highest BCUT2D eigenvalue weighted by molar-refractivity contribution is 5.80. The van der Waals surface area contributed by atoms with E-state index in [0.29, 0.717) is 6.42 Å². The molecule has 4 aromatic rings. The van der Waals surface area contributed by atoms with Crippen LogP contribution in [0, 0.1) is 0 Å². The summed E-state index contributed by atoms with van der Waals surface area (Å²) in [6.45, 7) is 4.93. The highest BCUT2D eigenvalue weighted by Gasteiger charge is 2.21. The summed E-state index contributed by atoms with van der Waals surface area (Å²) in [5.41, 5.74) is 3.25. The van der Waals surface area contributed by atoms with E-state index in [-0.39, 0.29) is 5.91 Å². The number of aryl methyl sites for hydroxylation is 1. The first kappa shape index (κ1) is 17.9. The summed E-state index contributed by atoms with van der Waals surface area (Å²) in [5.74, 6) is 0.246. The Morgan fingerprint density at radius 3 is 2.62 bits per heavy atom. The van der Waals surface area contributed by atoms with Crippen molar-refractivity contribution in [2.45, 2.75) is 19.5 Å². The number of para-hydroxylation sites is 1.